The van der Waals surface area contributed by atoms with Gasteiger partial charge < -0.3 is 14.0 Å². The highest BCUT2D eigenvalue weighted by atomic mass is 16.6. The minimum absolute atomic E-state index is 0.00415. The molecule has 1 aromatic carbocycles. The number of hydrogen-bond donors (Lipinski definition) is 0. The van der Waals surface area contributed by atoms with Crippen LogP contribution in [-0.4, -0.2) is 29.2 Å². The number of esters is 2. The number of nitrogens with zero attached hydrogens (tertiary/aromatic N) is 1. The second-order valence-corrected chi connectivity index (χ2v) is 6.29. The average molecular weight is 329 g/mol. The fraction of sp³-hybridized carbons (Fsp3) is 0.368. The molecule has 5 nitrogen and oxygen atoms in total. The number of carbonyl (C=O) groups is 2. The van der Waals surface area contributed by atoms with Gasteiger partial charge in [0.25, 0.3) is 0 Å². The first-order valence-corrected chi connectivity index (χ1v) is 7.86. The van der Waals surface area contributed by atoms with Crippen LogP contribution < -0.4 is 0 Å². The average Bonchev–Trinajstić information content (AvgIpc) is 3.03. The molecule has 5 heteroatoms. The Kier molecular flexibility index (Phi) is 5.44. The number of hydrogen-bond acceptors (Lipinski definition) is 4. The van der Waals surface area contributed by atoms with Crippen molar-refractivity contribution in [1.82, 2.24) is 4.57 Å². The standard InChI is InChI=1S/C19H23NO4/c1-14(15-9-6-5-7-10-15)20-12-8-11-16(20)18(22)24-19(2,3)13-17(21)23-4/h5-12,14H,13H2,1-4H3/t14-/m1/s1. The lowest BCUT2D eigenvalue weighted by molar-refractivity contribution is -0.145. The number of methoxy groups -OCH3 is 1. The lowest BCUT2D eigenvalue weighted by atomic mass is 10.1. The first-order valence-electron chi connectivity index (χ1n) is 7.86. The molecule has 1 atom stereocenters. The summed E-state index contributed by atoms with van der Waals surface area (Å²) in [5, 5.41) is 0. The molecule has 128 valence electrons. The third-order valence-corrected chi connectivity index (χ3v) is 3.85. The molecular weight excluding hydrogens is 306 g/mol. The fourth-order valence-electron chi connectivity index (χ4n) is 2.56. The van der Waals surface area contributed by atoms with Crippen molar-refractivity contribution in [2.45, 2.75) is 38.8 Å². The molecule has 0 saturated heterocycles. The second-order valence-electron chi connectivity index (χ2n) is 6.29. The Morgan fingerprint density at radius 2 is 1.79 bits per heavy atom. The van der Waals surface area contributed by atoms with Gasteiger partial charge in [-0.05, 0) is 38.5 Å². The minimum atomic E-state index is -0.935. The van der Waals surface area contributed by atoms with Gasteiger partial charge in [-0.15, -0.1) is 0 Å². The van der Waals surface area contributed by atoms with Crippen LogP contribution in [0.5, 0.6) is 0 Å². The van der Waals surface area contributed by atoms with Gasteiger partial charge >= 0.3 is 11.9 Å². The van der Waals surface area contributed by atoms with E-state index in [0.717, 1.165) is 5.56 Å². The quantitative estimate of drug-likeness (QED) is 0.760. The Labute approximate surface area is 142 Å². The Hall–Kier alpha value is -2.56. The van der Waals surface area contributed by atoms with Gasteiger partial charge in [-0.25, -0.2) is 4.79 Å². The highest BCUT2D eigenvalue weighted by Crippen LogP contribution is 2.23. The van der Waals surface area contributed by atoms with Gasteiger partial charge in [0.1, 0.15) is 11.3 Å². The maximum atomic E-state index is 12.6. The molecule has 0 spiro atoms. The topological polar surface area (TPSA) is 57.5 Å². The van der Waals surface area contributed by atoms with E-state index < -0.39 is 17.5 Å². The SMILES string of the molecule is COC(=O)CC(C)(C)OC(=O)c1cccn1[C@H](C)c1ccccc1. The van der Waals surface area contributed by atoms with Crippen molar-refractivity contribution in [3.8, 4) is 0 Å². The molecule has 0 radical (unpaired) electrons. The van der Waals surface area contributed by atoms with Crippen LogP contribution in [0.25, 0.3) is 0 Å². The molecule has 0 fully saturated rings. The fourth-order valence-corrected chi connectivity index (χ4v) is 2.56. The van der Waals surface area contributed by atoms with E-state index in [0.29, 0.717) is 5.69 Å². The summed E-state index contributed by atoms with van der Waals surface area (Å²) in [5.41, 5.74) is 0.607. The van der Waals surface area contributed by atoms with E-state index in [4.69, 9.17) is 4.74 Å². The van der Waals surface area contributed by atoms with Gasteiger partial charge in [0.2, 0.25) is 0 Å². The molecule has 2 aromatic rings. The van der Waals surface area contributed by atoms with Gasteiger partial charge in [-0.1, -0.05) is 30.3 Å². The van der Waals surface area contributed by atoms with Gasteiger partial charge in [0, 0.05) is 6.20 Å². The first kappa shape index (κ1) is 17.8. The molecule has 1 heterocycles. The van der Waals surface area contributed by atoms with E-state index in [9.17, 15) is 9.59 Å². The molecule has 0 aliphatic rings. The van der Waals surface area contributed by atoms with Crippen LogP contribution in [0.4, 0.5) is 0 Å². The molecule has 0 saturated carbocycles. The molecule has 0 amide bonds. The van der Waals surface area contributed by atoms with Crippen LogP contribution in [0.15, 0.2) is 48.7 Å². The van der Waals surface area contributed by atoms with Gasteiger partial charge in [0.05, 0.1) is 19.6 Å². The molecule has 0 bridgehead atoms. The van der Waals surface area contributed by atoms with Gasteiger partial charge in [-0.3, -0.25) is 4.79 Å². The van der Waals surface area contributed by atoms with Crippen molar-refractivity contribution >= 4 is 11.9 Å². The van der Waals surface area contributed by atoms with E-state index in [1.54, 1.807) is 19.9 Å². The molecule has 2 rings (SSSR count). The Bertz CT molecular complexity index is 703. The smallest absolute Gasteiger partial charge is 0.355 e. The summed E-state index contributed by atoms with van der Waals surface area (Å²) in [6.07, 6.45) is 1.85. The van der Waals surface area contributed by atoms with E-state index in [1.165, 1.54) is 7.11 Å². The summed E-state index contributed by atoms with van der Waals surface area (Å²) in [6.45, 7) is 5.40. The van der Waals surface area contributed by atoms with Crippen LogP contribution in [0.1, 0.15) is 49.3 Å². The number of ether oxygens (including phenoxy) is 2. The number of rotatable bonds is 6. The predicted molar refractivity (Wildman–Crippen MR) is 90.8 cm³/mol. The van der Waals surface area contributed by atoms with Crippen LogP contribution in [0.2, 0.25) is 0 Å². The number of benzene rings is 1. The summed E-state index contributed by atoms with van der Waals surface area (Å²) >= 11 is 0. The van der Waals surface area contributed by atoms with E-state index in [-0.39, 0.29) is 12.5 Å². The van der Waals surface area contributed by atoms with E-state index in [2.05, 4.69) is 4.74 Å². The zero-order valence-electron chi connectivity index (χ0n) is 14.5. The molecule has 0 unspecified atom stereocenters. The third kappa shape index (κ3) is 4.25. The molecule has 0 N–H and O–H groups in total. The zero-order chi connectivity index (χ0) is 17.7. The van der Waals surface area contributed by atoms with Crippen molar-refractivity contribution in [3.63, 3.8) is 0 Å². The Morgan fingerprint density at radius 3 is 2.42 bits per heavy atom. The van der Waals surface area contributed by atoms with Crippen molar-refractivity contribution in [3.05, 3.63) is 59.9 Å². The van der Waals surface area contributed by atoms with E-state index >= 15 is 0 Å². The molecule has 0 aliphatic heterocycles. The molecule has 24 heavy (non-hydrogen) atoms. The van der Waals surface area contributed by atoms with Crippen LogP contribution >= 0.6 is 0 Å². The van der Waals surface area contributed by atoms with E-state index in [1.807, 2.05) is 54.1 Å². The monoisotopic (exact) mass is 329 g/mol. The Morgan fingerprint density at radius 1 is 1.12 bits per heavy atom. The highest BCUT2D eigenvalue weighted by Gasteiger charge is 2.29. The summed E-state index contributed by atoms with van der Waals surface area (Å²) in [5.74, 6) is -0.877. The van der Waals surface area contributed by atoms with Crippen molar-refractivity contribution in [2.75, 3.05) is 7.11 Å². The molecule has 1 aromatic heterocycles. The highest BCUT2D eigenvalue weighted by molar-refractivity contribution is 5.88. The molecular formula is C19H23NO4. The second kappa shape index (κ2) is 7.34. The maximum absolute atomic E-state index is 12.6. The number of carbonyl (C=O) groups excluding carboxylic acids is 2. The summed E-state index contributed by atoms with van der Waals surface area (Å²) < 4.78 is 12.0. The van der Waals surface area contributed by atoms with Crippen molar-refractivity contribution < 1.29 is 19.1 Å². The maximum Gasteiger partial charge on any atom is 0.355 e. The lowest BCUT2D eigenvalue weighted by Gasteiger charge is -2.25. The van der Waals surface area contributed by atoms with Gasteiger partial charge in [-0.2, -0.15) is 0 Å². The van der Waals surface area contributed by atoms with Crippen LogP contribution in [-0.2, 0) is 14.3 Å². The lowest BCUT2D eigenvalue weighted by Crippen LogP contribution is -2.32. The molecule has 0 aliphatic carbocycles. The van der Waals surface area contributed by atoms with Crippen LogP contribution in [0.3, 0.4) is 0 Å². The van der Waals surface area contributed by atoms with Crippen molar-refractivity contribution in [1.29, 1.82) is 0 Å². The summed E-state index contributed by atoms with van der Waals surface area (Å²) in [7, 11) is 1.31. The predicted octanol–water partition coefficient (Wildman–Crippen LogP) is 3.60. The normalized spacial score (nSPS) is 12.5. The number of aromatic nitrogens is 1. The van der Waals surface area contributed by atoms with Crippen molar-refractivity contribution in [2.24, 2.45) is 0 Å². The minimum Gasteiger partial charge on any atom is -0.469 e. The van der Waals surface area contributed by atoms with Gasteiger partial charge in [0.15, 0.2) is 0 Å². The summed E-state index contributed by atoms with van der Waals surface area (Å²) in [4.78, 5) is 24.0. The Balaban J connectivity index is 2.17. The third-order valence-electron chi connectivity index (χ3n) is 3.85. The zero-order valence-corrected chi connectivity index (χ0v) is 14.5. The largest absolute Gasteiger partial charge is 0.469 e. The summed E-state index contributed by atoms with van der Waals surface area (Å²) in [6, 6.07) is 13.4. The first-order chi connectivity index (χ1) is 11.3. The van der Waals surface area contributed by atoms with Crippen LogP contribution in [0, 0.1) is 0 Å².